The summed E-state index contributed by atoms with van der Waals surface area (Å²) < 4.78 is 0. The van der Waals surface area contributed by atoms with Crippen molar-refractivity contribution in [2.45, 2.75) is 12.8 Å². The Morgan fingerprint density at radius 1 is 1.42 bits per heavy atom. The summed E-state index contributed by atoms with van der Waals surface area (Å²) in [5, 5.41) is 21.5. The number of fused-ring (bicyclic) bond motifs is 1. The highest BCUT2D eigenvalue weighted by atomic mass is 16.4. The highest BCUT2D eigenvalue weighted by Gasteiger charge is 2.04. The van der Waals surface area contributed by atoms with Crippen molar-refractivity contribution in [2.75, 3.05) is 11.9 Å². The summed E-state index contributed by atoms with van der Waals surface area (Å²) in [4.78, 5) is 14.8. The number of anilines is 1. The van der Waals surface area contributed by atoms with Gasteiger partial charge in [0.25, 0.3) is 0 Å². The zero-order valence-corrected chi connectivity index (χ0v) is 10.3. The van der Waals surface area contributed by atoms with Crippen molar-refractivity contribution in [2.24, 2.45) is 0 Å². The van der Waals surface area contributed by atoms with Crippen molar-refractivity contribution >= 4 is 22.7 Å². The number of nitriles is 1. The van der Waals surface area contributed by atoms with Gasteiger partial charge in [0.05, 0.1) is 17.1 Å². The molecule has 1 aromatic heterocycles. The Labute approximate surface area is 110 Å². The van der Waals surface area contributed by atoms with E-state index in [2.05, 4.69) is 16.4 Å². The highest BCUT2D eigenvalue weighted by molar-refractivity contribution is 5.86. The molecule has 0 fully saturated rings. The van der Waals surface area contributed by atoms with Gasteiger partial charge in [-0.2, -0.15) is 5.26 Å². The van der Waals surface area contributed by atoms with Gasteiger partial charge in [0, 0.05) is 18.4 Å². The first-order valence-electron chi connectivity index (χ1n) is 5.96. The predicted molar refractivity (Wildman–Crippen MR) is 71.8 cm³/mol. The molecule has 0 atom stereocenters. The van der Waals surface area contributed by atoms with E-state index >= 15 is 0 Å². The molecule has 0 radical (unpaired) electrons. The van der Waals surface area contributed by atoms with Crippen LogP contribution in [0.1, 0.15) is 18.4 Å². The van der Waals surface area contributed by atoms with Gasteiger partial charge >= 0.3 is 5.97 Å². The number of para-hydroxylation sites is 1. The lowest BCUT2D eigenvalue weighted by atomic mass is 10.1. The molecular formula is C14H13N3O2. The van der Waals surface area contributed by atoms with E-state index in [0.717, 1.165) is 10.9 Å². The predicted octanol–water partition coefficient (Wildman–Crippen LogP) is 2.38. The minimum atomic E-state index is -0.814. The normalized spacial score (nSPS) is 10.1. The van der Waals surface area contributed by atoms with Gasteiger partial charge in [-0.05, 0) is 18.6 Å². The van der Waals surface area contributed by atoms with Gasteiger partial charge in [-0.25, -0.2) is 4.98 Å². The van der Waals surface area contributed by atoms with Gasteiger partial charge in [0.2, 0.25) is 0 Å². The van der Waals surface area contributed by atoms with Crippen LogP contribution in [0.3, 0.4) is 0 Å². The first-order chi connectivity index (χ1) is 9.20. The number of rotatable bonds is 5. The van der Waals surface area contributed by atoms with Crippen molar-refractivity contribution in [3.63, 3.8) is 0 Å². The number of carboxylic acids is 1. The van der Waals surface area contributed by atoms with E-state index in [0.29, 0.717) is 24.3 Å². The van der Waals surface area contributed by atoms with Gasteiger partial charge in [0.1, 0.15) is 5.82 Å². The van der Waals surface area contributed by atoms with Crippen LogP contribution in [0.5, 0.6) is 0 Å². The number of nitrogens with one attached hydrogen (secondary N) is 1. The van der Waals surface area contributed by atoms with E-state index in [9.17, 15) is 4.79 Å². The Hall–Kier alpha value is -2.61. The number of hydrogen-bond acceptors (Lipinski definition) is 4. The van der Waals surface area contributed by atoms with Gasteiger partial charge in [0.15, 0.2) is 0 Å². The van der Waals surface area contributed by atoms with Crippen LogP contribution in [0.2, 0.25) is 0 Å². The summed E-state index contributed by atoms with van der Waals surface area (Å²) in [5.74, 6) is -0.216. The topological polar surface area (TPSA) is 86.0 Å². The molecule has 0 spiro atoms. The molecule has 0 bridgehead atoms. The fraction of sp³-hybridized carbons (Fsp3) is 0.214. The lowest BCUT2D eigenvalue weighted by Gasteiger charge is -2.07. The minimum Gasteiger partial charge on any atom is -0.481 e. The second-order valence-corrected chi connectivity index (χ2v) is 4.11. The van der Waals surface area contributed by atoms with Crippen molar-refractivity contribution in [1.29, 1.82) is 5.26 Å². The number of aromatic nitrogens is 1. The van der Waals surface area contributed by atoms with Crippen LogP contribution in [0, 0.1) is 11.3 Å². The van der Waals surface area contributed by atoms with Crippen LogP contribution in [0.4, 0.5) is 5.82 Å². The van der Waals surface area contributed by atoms with Crippen LogP contribution < -0.4 is 5.32 Å². The molecule has 0 aliphatic carbocycles. The fourth-order valence-electron chi connectivity index (χ4n) is 1.81. The van der Waals surface area contributed by atoms with Crippen LogP contribution in [0.25, 0.3) is 10.9 Å². The molecule has 5 heteroatoms. The Bertz CT molecular complexity index is 647. The van der Waals surface area contributed by atoms with E-state index in [1.54, 1.807) is 6.07 Å². The maximum Gasteiger partial charge on any atom is 0.303 e. The molecule has 96 valence electrons. The average molecular weight is 255 g/mol. The van der Waals surface area contributed by atoms with E-state index < -0.39 is 5.97 Å². The molecule has 2 aromatic rings. The zero-order valence-electron chi connectivity index (χ0n) is 10.3. The molecule has 0 saturated carbocycles. The monoisotopic (exact) mass is 255 g/mol. The first-order valence-corrected chi connectivity index (χ1v) is 5.96. The summed E-state index contributed by atoms with van der Waals surface area (Å²) in [7, 11) is 0. The molecule has 1 aromatic carbocycles. The molecule has 1 heterocycles. The van der Waals surface area contributed by atoms with Crippen molar-refractivity contribution in [3.8, 4) is 6.07 Å². The largest absolute Gasteiger partial charge is 0.481 e. The standard InChI is InChI=1S/C14H13N3O2/c15-9-10-8-13(16-7-3-6-14(18)19)17-12-5-2-1-4-11(10)12/h1-2,4-5,8H,3,6-7H2,(H,16,17)(H,18,19). The summed E-state index contributed by atoms with van der Waals surface area (Å²) in [6.45, 7) is 0.516. The summed E-state index contributed by atoms with van der Waals surface area (Å²) in [6, 6.07) is 11.3. The maximum atomic E-state index is 10.4. The Balaban J connectivity index is 2.16. The molecule has 0 saturated heterocycles. The third-order valence-electron chi connectivity index (χ3n) is 2.71. The second-order valence-electron chi connectivity index (χ2n) is 4.11. The summed E-state index contributed by atoms with van der Waals surface area (Å²) in [6.07, 6.45) is 0.636. The van der Waals surface area contributed by atoms with E-state index in [1.165, 1.54) is 0 Å². The zero-order chi connectivity index (χ0) is 13.7. The van der Waals surface area contributed by atoms with Gasteiger partial charge < -0.3 is 10.4 Å². The molecule has 0 aliphatic heterocycles. The number of nitrogens with zero attached hydrogens (tertiary/aromatic N) is 2. The number of carboxylic acid groups (broad SMARTS) is 1. The summed E-state index contributed by atoms with van der Waals surface area (Å²) in [5.41, 5.74) is 1.31. The third-order valence-corrected chi connectivity index (χ3v) is 2.71. The molecule has 19 heavy (non-hydrogen) atoms. The van der Waals surface area contributed by atoms with E-state index in [4.69, 9.17) is 10.4 Å². The molecule has 0 unspecified atom stereocenters. The lowest BCUT2D eigenvalue weighted by Crippen LogP contribution is -2.06. The number of pyridine rings is 1. The molecule has 0 aliphatic rings. The molecule has 2 rings (SSSR count). The number of hydrogen-bond donors (Lipinski definition) is 2. The third kappa shape index (κ3) is 3.19. The minimum absolute atomic E-state index is 0.117. The van der Waals surface area contributed by atoms with Crippen LogP contribution in [-0.2, 0) is 4.79 Å². The van der Waals surface area contributed by atoms with Gasteiger partial charge in [-0.3, -0.25) is 4.79 Å². The van der Waals surface area contributed by atoms with Crippen LogP contribution >= 0.6 is 0 Å². The number of benzene rings is 1. The molecule has 5 nitrogen and oxygen atoms in total. The van der Waals surface area contributed by atoms with Crippen LogP contribution in [0.15, 0.2) is 30.3 Å². The van der Waals surface area contributed by atoms with Crippen molar-refractivity contribution < 1.29 is 9.90 Å². The maximum absolute atomic E-state index is 10.4. The fourth-order valence-corrected chi connectivity index (χ4v) is 1.81. The number of carbonyl (C=O) groups is 1. The van der Waals surface area contributed by atoms with Gasteiger partial charge in [-0.1, -0.05) is 18.2 Å². The Morgan fingerprint density at radius 3 is 2.95 bits per heavy atom. The molecular weight excluding hydrogens is 242 g/mol. The summed E-state index contributed by atoms with van der Waals surface area (Å²) >= 11 is 0. The van der Waals surface area contributed by atoms with E-state index in [1.807, 2.05) is 24.3 Å². The first kappa shape index (κ1) is 12.8. The lowest BCUT2D eigenvalue weighted by molar-refractivity contribution is -0.137. The second kappa shape index (κ2) is 5.83. The Morgan fingerprint density at radius 2 is 2.21 bits per heavy atom. The van der Waals surface area contributed by atoms with Crippen molar-refractivity contribution in [3.05, 3.63) is 35.9 Å². The van der Waals surface area contributed by atoms with Crippen molar-refractivity contribution in [1.82, 2.24) is 4.98 Å². The molecule has 0 amide bonds. The quantitative estimate of drug-likeness (QED) is 0.801. The smallest absolute Gasteiger partial charge is 0.303 e. The van der Waals surface area contributed by atoms with Crippen LogP contribution in [-0.4, -0.2) is 22.6 Å². The highest BCUT2D eigenvalue weighted by Crippen LogP contribution is 2.19. The van der Waals surface area contributed by atoms with E-state index in [-0.39, 0.29) is 6.42 Å². The average Bonchev–Trinajstić information content (AvgIpc) is 2.42. The van der Waals surface area contributed by atoms with Gasteiger partial charge in [-0.15, -0.1) is 0 Å². The SMILES string of the molecule is N#Cc1cc(NCCCC(=O)O)nc2ccccc12. The Kier molecular flexibility index (Phi) is 3.94. The number of aliphatic carboxylic acids is 1. The molecule has 2 N–H and O–H groups in total.